The van der Waals surface area contributed by atoms with E-state index in [-0.39, 0.29) is 24.4 Å². The number of rotatable bonds is 4. The van der Waals surface area contributed by atoms with E-state index in [1.165, 1.54) is 6.07 Å². The van der Waals surface area contributed by atoms with Gasteiger partial charge in [-0.1, -0.05) is 42.5 Å². The molecule has 130 valence electrons. The third-order valence-corrected chi connectivity index (χ3v) is 4.41. The molecule has 0 N–H and O–H groups in total. The highest BCUT2D eigenvalue weighted by Gasteiger charge is 2.29. The van der Waals surface area contributed by atoms with Gasteiger partial charge in [-0.25, -0.2) is 4.79 Å². The van der Waals surface area contributed by atoms with Crippen LogP contribution in [0.3, 0.4) is 0 Å². The lowest BCUT2D eigenvalue weighted by atomic mass is 9.95. The second-order valence-electron chi connectivity index (χ2n) is 6.10. The molecule has 1 aliphatic heterocycles. The van der Waals surface area contributed by atoms with Gasteiger partial charge in [-0.15, -0.1) is 0 Å². The molecule has 2 aromatic carbocycles. The highest BCUT2D eigenvalue weighted by Crippen LogP contribution is 2.33. The van der Waals surface area contributed by atoms with E-state index in [0.29, 0.717) is 6.54 Å². The van der Waals surface area contributed by atoms with E-state index in [1.807, 2.05) is 36.4 Å². The van der Waals surface area contributed by atoms with Crippen LogP contribution in [0.2, 0.25) is 0 Å². The molecular weight excluding hydrogens is 320 g/mol. The van der Waals surface area contributed by atoms with Crippen LogP contribution in [0.15, 0.2) is 54.6 Å². The number of carbonyl (C=O) groups is 1. The smallest absolute Gasteiger partial charge is 0.410 e. The van der Waals surface area contributed by atoms with Crippen LogP contribution in [-0.4, -0.2) is 22.5 Å². The zero-order valence-electron chi connectivity index (χ0n) is 13.8. The number of hydrogen-bond acceptors (Lipinski definition) is 4. The summed E-state index contributed by atoms with van der Waals surface area (Å²) < 4.78 is 5.45. The standard InChI is InChI=1S/C19H20N2O4/c22-19(25-14-15-7-2-1-3-8-15)20-12-5-4-11-18(20)16-9-6-10-17(13-16)21(23)24/h1-3,6-10,13,18H,4-5,11-12,14H2. The molecule has 0 aliphatic carbocycles. The normalized spacial score (nSPS) is 17.1. The van der Waals surface area contributed by atoms with Crippen LogP contribution in [0, 0.1) is 10.1 Å². The van der Waals surface area contributed by atoms with Crippen LogP contribution < -0.4 is 0 Å². The van der Waals surface area contributed by atoms with Crippen LogP contribution in [0.4, 0.5) is 10.5 Å². The molecule has 25 heavy (non-hydrogen) atoms. The fraction of sp³-hybridized carbons (Fsp3) is 0.316. The lowest BCUT2D eigenvalue weighted by molar-refractivity contribution is -0.385. The van der Waals surface area contributed by atoms with Crippen molar-refractivity contribution in [2.45, 2.75) is 31.9 Å². The average molecular weight is 340 g/mol. The molecule has 3 rings (SSSR count). The van der Waals surface area contributed by atoms with Crippen molar-refractivity contribution in [3.05, 3.63) is 75.8 Å². The van der Waals surface area contributed by atoms with Gasteiger partial charge in [0.15, 0.2) is 0 Å². The summed E-state index contributed by atoms with van der Waals surface area (Å²) in [5, 5.41) is 11.0. The van der Waals surface area contributed by atoms with Crippen molar-refractivity contribution in [3.8, 4) is 0 Å². The Labute approximate surface area is 146 Å². The summed E-state index contributed by atoms with van der Waals surface area (Å²) in [6.45, 7) is 0.818. The summed E-state index contributed by atoms with van der Waals surface area (Å²) in [4.78, 5) is 24.8. The van der Waals surface area contributed by atoms with E-state index in [2.05, 4.69) is 0 Å². The van der Waals surface area contributed by atoms with Crippen molar-refractivity contribution >= 4 is 11.8 Å². The summed E-state index contributed by atoms with van der Waals surface area (Å²) in [7, 11) is 0. The van der Waals surface area contributed by atoms with E-state index in [4.69, 9.17) is 4.74 Å². The maximum absolute atomic E-state index is 12.5. The van der Waals surface area contributed by atoms with Crippen molar-refractivity contribution in [2.75, 3.05) is 6.54 Å². The van der Waals surface area contributed by atoms with Gasteiger partial charge >= 0.3 is 6.09 Å². The van der Waals surface area contributed by atoms with Gasteiger partial charge in [0.05, 0.1) is 11.0 Å². The molecule has 0 aromatic heterocycles. The van der Waals surface area contributed by atoms with E-state index in [0.717, 1.165) is 30.4 Å². The molecule has 2 aromatic rings. The highest BCUT2D eigenvalue weighted by molar-refractivity contribution is 5.68. The SMILES string of the molecule is O=C(OCc1ccccc1)N1CCCCC1c1cccc([N+](=O)[O-])c1. The van der Waals surface area contributed by atoms with E-state index in [9.17, 15) is 14.9 Å². The van der Waals surface area contributed by atoms with Crippen LogP contribution >= 0.6 is 0 Å². The van der Waals surface area contributed by atoms with Crippen molar-refractivity contribution in [1.82, 2.24) is 4.90 Å². The van der Waals surface area contributed by atoms with E-state index >= 15 is 0 Å². The average Bonchev–Trinajstić information content (AvgIpc) is 2.67. The van der Waals surface area contributed by atoms with Crippen molar-refractivity contribution in [3.63, 3.8) is 0 Å². The monoisotopic (exact) mass is 340 g/mol. The number of benzene rings is 2. The summed E-state index contributed by atoms with van der Waals surface area (Å²) in [6.07, 6.45) is 2.29. The quantitative estimate of drug-likeness (QED) is 0.608. The molecule has 1 amide bonds. The number of nitrogens with zero attached hydrogens (tertiary/aromatic N) is 2. The van der Waals surface area contributed by atoms with E-state index < -0.39 is 4.92 Å². The number of ether oxygens (including phenoxy) is 1. The second kappa shape index (κ2) is 7.79. The Morgan fingerprint density at radius 3 is 2.72 bits per heavy atom. The Morgan fingerprint density at radius 1 is 1.16 bits per heavy atom. The molecule has 1 heterocycles. The first-order valence-electron chi connectivity index (χ1n) is 8.37. The van der Waals surface area contributed by atoms with Crippen molar-refractivity contribution in [2.24, 2.45) is 0 Å². The van der Waals surface area contributed by atoms with Gasteiger partial charge in [0, 0.05) is 18.7 Å². The lowest BCUT2D eigenvalue weighted by Gasteiger charge is -2.35. The summed E-state index contributed by atoms with van der Waals surface area (Å²) >= 11 is 0. The molecule has 0 radical (unpaired) electrons. The molecule has 0 bridgehead atoms. The van der Waals surface area contributed by atoms with Gasteiger partial charge in [0.2, 0.25) is 0 Å². The minimum absolute atomic E-state index is 0.0423. The Morgan fingerprint density at radius 2 is 1.96 bits per heavy atom. The number of likely N-dealkylation sites (tertiary alicyclic amines) is 1. The Kier molecular flexibility index (Phi) is 5.28. The highest BCUT2D eigenvalue weighted by atomic mass is 16.6. The van der Waals surface area contributed by atoms with Gasteiger partial charge in [0.1, 0.15) is 6.61 Å². The number of nitro benzene ring substituents is 1. The maximum atomic E-state index is 12.5. The fourth-order valence-corrected chi connectivity index (χ4v) is 3.14. The molecule has 1 aliphatic rings. The fourth-order valence-electron chi connectivity index (χ4n) is 3.14. The molecule has 6 heteroatoms. The molecular formula is C19H20N2O4. The summed E-state index contributed by atoms with van der Waals surface area (Å²) in [6, 6.07) is 15.8. The zero-order valence-corrected chi connectivity index (χ0v) is 13.8. The first-order chi connectivity index (χ1) is 12.1. The second-order valence-corrected chi connectivity index (χ2v) is 6.10. The minimum Gasteiger partial charge on any atom is -0.445 e. The molecule has 1 fully saturated rings. The lowest BCUT2D eigenvalue weighted by Crippen LogP contribution is -2.38. The molecule has 0 spiro atoms. The molecule has 1 unspecified atom stereocenters. The number of piperidine rings is 1. The maximum Gasteiger partial charge on any atom is 0.410 e. The Bertz CT molecular complexity index is 748. The van der Waals surface area contributed by atoms with Crippen molar-refractivity contribution in [1.29, 1.82) is 0 Å². The van der Waals surface area contributed by atoms with Gasteiger partial charge in [-0.2, -0.15) is 0 Å². The molecule has 1 saturated heterocycles. The van der Waals surface area contributed by atoms with Crippen molar-refractivity contribution < 1.29 is 14.5 Å². The Balaban J connectivity index is 1.73. The van der Waals surface area contributed by atoms with Crippen LogP contribution in [0.1, 0.15) is 36.4 Å². The molecule has 0 saturated carbocycles. The third-order valence-electron chi connectivity index (χ3n) is 4.41. The third kappa shape index (κ3) is 4.15. The minimum atomic E-state index is -0.412. The molecule has 6 nitrogen and oxygen atoms in total. The first kappa shape index (κ1) is 17.0. The Hall–Kier alpha value is -2.89. The zero-order chi connectivity index (χ0) is 17.6. The number of hydrogen-bond donors (Lipinski definition) is 0. The van der Waals surface area contributed by atoms with Crippen LogP contribution in [0.5, 0.6) is 0 Å². The van der Waals surface area contributed by atoms with Gasteiger partial charge < -0.3 is 9.64 Å². The van der Waals surface area contributed by atoms with Crippen LogP contribution in [0.25, 0.3) is 0 Å². The predicted molar refractivity (Wildman–Crippen MR) is 93.0 cm³/mol. The predicted octanol–water partition coefficient (Wildman–Crippen LogP) is 4.46. The number of amides is 1. The van der Waals surface area contributed by atoms with E-state index in [1.54, 1.807) is 17.0 Å². The number of nitro groups is 1. The van der Waals surface area contributed by atoms with Gasteiger partial charge in [0.25, 0.3) is 5.69 Å². The number of carbonyl (C=O) groups excluding carboxylic acids is 1. The summed E-state index contributed by atoms with van der Waals surface area (Å²) in [5.74, 6) is 0. The summed E-state index contributed by atoms with van der Waals surface area (Å²) in [5.41, 5.74) is 1.76. The topological polar surface area (TPSA) is 72.7 Å². The largest absolute Gasteiger partial charge is 0.445 e. The molecule has 1 atom stereocenters. The van der Waals surface area contributed by atoms with Crippen LogP contribution in [-0.2, 0) is 11.3 Å². The van der Waals surface area contributed by atoms with Gasteiger partial charge in [-0.05, 0) is 30.4 Å². The first-order valence-corrected chi connectivity index (χ1v) is 8.37. The van der Waals surface area contributed by atoms with Gasteiger partial charge in [-0.3, -0.25) is 10.1 Å². The number of non-ortho nitro benzene ring substituents is 1.